The summed E-state index contributed by atoms with van der Waals surface area (Å²) in [6, 6.07) is 0. The predicted molar refractivity (Wildman–Crippen MR) is 41.0 cm³/mol. The summed E-state index contributed by atoms with van der Waals surface area (Å²) >= 11 is 1.62. The molecule has 0 bridgehead atoms. The number of rotatable bonds is 2. The molecule has 2 N–H and O–H groups in total. The van der Waals surface area contributed by atoms with E-state index in [-0.39, 0.29) is 17.8 Å². The third-order valence-electron chi connectivity index (χ3n) is 1.40. The summed E-state index contributed by atoms with van der Waals surface area (Å²) in [6.45, 7) is 0.872. The average molecular weight is 161 g/mol. The van der Waals surface area contributed by atoms with Gasteiger partial charge in [-0.2, -0.15) is 0 Å². The number of amides is 1. The Kier molecular flexibility index (Phi) is 3.02. The lowest BCUT2D eigenvalue weighted by atomic mass is 10.3. The van der Waals surface area contributed by atoms with Gasteiger partial charge in [0.2, 0.25) is 5.91 Å². The Bertz CT molecular complexity index is 127. The highest BCUT2D eigenvalue weighted by molar-refractivity contribution is 8.00. The molecule has 1 aliphatic rings. The van der Waals surface area contributed by atoms with Gasteiger partial charge in [0.05, 0.1) is 5.25 Å². The molecule has 0 radical (unpaired) electrons. The fourth-order valence-corrected chi connectivity index (χ4v) is 1.91. The van der Waals surface area contributed by atoms with Gasteiger partial charge in [-0.1, -0.05) is 0 Å². The highest BCUT2D eigenvalue weighted by atomic mass is 32.2. The maximum atomic E-state index is 10.9. The Morgan fingerprint density at radius 1 is 1.80 bits per heavy atom. The topological polar surface area (TPSA) is 49.3 Å². The van der Waals surface area contributed by atoms with Crippen molar-refractivity contribution in [3.63, 3.8) is 0 Å². The van der Waals surface area contributed by atoms with Gasteiger partial charge in [-0.15, -0.1) is 11.8 Å². The van der Waals surface area contributed by atoms with E-state index in [2.05, 4.69) is 5.32 Å². The van der Waals surface area contributed by atoms with E-state index in [1.165, 1.54) is 0 Å². The summed E-state index contributed by atoms with van der Waals surface area (Å²) < 4.78 is 0. The molecule has 0 aromatic carbocycles. The molecule has 0 saturated carbocycles. The van der Waals surface area contributed by atoms with Crippen LogP contribution in [-0.4, -0.2) is 35.2 Å². The first kappa shape index (κ1) is 7.88. The van der Waals surface area contributed by atoms with Crippen molar-refractivity contribution >= 4 is 17.7 Å². The minimum Gasteiger partial charge on any atom is -0.396 e. The van der Waals surface area contributed by atoms with Gasteiger partial charge >= 0.3 is 0 Å². The molecule has 1 heterocycles. The first-order valence-electron chi connectivity index (χ1n) is 3.35. The van der Waals surface area contributed by atoms with Crippen LogP contribution >= 0.6 is 11.8 Å². The highest BCUT2D eigenvalue weighted by Gasteiger charge is 2.21. The molecule has 1 atom stereocenters. The van der Waals surface area contributed by atoms with E-state index >= 15 is 0 Å². The molecule has 1 saturated heterocycles. The normalized spacial score (nSPS) is 26.1. The van der Waals surface area contributed by atoms with Gasteiger partial charge in [-0.3, -0.25) is 4.79 Å². The van der Waals surface area contributed by atoms with Gasteiger partial charge in [0.15, 0.2) is 0 Å². The number of aliphatic hydroxyl groups is 1. The van der Waals surface area contributed by atoms with Crippen molar-refractivity contribution in [3.8, 4) is 0 Å². The van der Waals surface area contributed by atoms with Gasteiger partial charge in [0.25, 0.3) is 0 Å². The Labute approximate surface area is 64.2 Å². The number of thioether (sulfide) groups is 1. The second-order valence-corrected chi connectivity index (χ2v) is 3.47. The lowest BCUT2D eigenvalue weighted by molar-refractivity contribution is -0.120. The van der Waals surface area contributed by atoms with Crippen molar-refractivity contribution in [1.29, 1.82) is 0 Å². The molecule has 1 unspecified atom stereocenters. The third-order valence-corrected chi connectivity index (χ3v) is 2.70. The molecule has 4 heteroatoms. The third kappa shape index (κ3) is 1.88. The van der Waals surface area contributed by atoms with Crippen molar-refractivity contribution in [1.82, 2.24) is 5.32 Å². The molecule has 1 rings (SSSR count). The second-order valence-electron chi connectivity index (χ2n) is 2.16. The molecule has 0 aromatic heterocycles. The fourth-order valence-electron chi connectivity index (χ4n) is 0.897. The van der Waals surface area contributed by atoms with E-state index < -0.39 is 0 Å². The van der Waals surface area contributed by atoms with Crippen LogP contribution in [0.25, 0.3) is 0 Å². The molecule has 1 amide bonds. The van der Waals surface area contributed by atoms with Crippen LogP contribution in [0.4, 0.5) is 0 Å². The molecular weight excluding hydrogens is 150 g/mol. The monoisotopic (exact) mass is 161 g/mol. The first-order chi connectivity index (χ1) is 4.84. The van der Waals surface area contributed by atoms with Crippen molar-refractivity contribution in [2.75, 3.05) is 18.9 Å². The van der Waals surface area contributed by atoms with E-state index in [9.17, 15) is 4.79 Å². The molecule has 0 aliphatic carbocycles. The zero-order valence-corrected chi connectivity index (χ0v) is 6.49. The number of aliphatic hydroxyl groups excluding tert-OH is 1. The lowest BCUT2D eigenvalue weighted by Gasteiger charge is -2.20. The Morgan fingerprint density at radius 2 is 2.60 bits per heavy atom. The van der Waals surface area contributed by atoms with E-state index in [1.54, 1.807) is 11.8 Å². The quantitative estimate of drug-likeness (QED) is 0.579. The lowest BCUT2D eigenvalue weighted by Crippen LogP contribution is -2.39. The van der Waals surface area contributed by atoms with Crippen molar-refractivity contribution < 1.29 is 9.90 Å². The Balaban J connectivity index is 2.32. The minimum atomic E-state index is -0.0150. The first-order valence-corrected chi connectivity index (χ1v) is 4.39. The SMILES string of the molecule is O=C1NCCSC1CCO. The molecule has 0 spiro atoms. The standard InChI is InChI=1S/C6H11NO2S/c8-3-1-5-6(9)7-2-4-10-5/h5,8H,1-4H2,(H,7,9). The summed E-state index contributed by atoms with van der Waals surface area (Å²) in [5.74, 6) is 1.04. The second kappa shape index (κ2) is 3.83. The van der Waals surface area contributed by atoms with Crippen LogP contribution < -0.4 is 5.32 Å². The zero-order valence-electron chi connectivity index (χ0n) is 5.67. The van der Waals surface area contributed by atoms with Gasteiger partial charge in [0.1, 0.15) is 0 Å². The largest absolute Gasteiger partial charge is 0.396 e. The van der Waals surface area contributed by atoms with Gasteiger partial charge in [-0.05, 0) is 6.42 Å². The summed E-state index contributed by atoms with van der Waals surface area (Å²) in [5, 5.41) is 11.3. The van der Waals surface area contributed by atoms with Crippen LogP contribution in [0.2, 0.25) is 0 Å². The number of nitrogens with one attached hydrogen (secondary N) is 1. The van der Waals surface area contributed by atoms with E-state index in [0.29, 0.717) is 6.42 Å². The minimum absolute atomic E-state index is 0.0150. The zero-order chi connectivity index (χ0) is 7.40. The van der Waals surface area contributed by atoms with Gasteiger partial charge < -0.3 is 10.4 Å². The van der Waals surface area contributed by atoms with Crippen LogP contribution in [0.1, 0.15) is 6.42 Å². The van der Waals surface area contributed by atoms with E-state index in [4.69, 9.17) is 5.11 Å². The smallest absolute Gasteiger partial charge is 0.233 e. The van der Waals surface area contributed by atoms with Crippen LogP contribution in [0.5, 0.6) is 0 Å². The summed E-state index contributed by atoms with van der Waals surface area (Å²) in [4.78, 5) is 10.9. The summed E-state index contributed by atoms with van der Waals surface area (Å²) in [5.41, 5.74) is 0. The molecule has 0 aromatic rings. The van der Waals surface area contributed by atoms with Crippen LogP contribution in [-0.2, 0) is 4.79 Å². The predicted octanol–water partition coefficient (Wildman–Crippen LogP) is -0.400. The average Bonchev–Trinajstić information content (AvgIpc) is 1.94. The van der Waals surface area contributed by atoms with Crippen LogP contribution in [0, 0.1) is 0 Å². The maximum Gasteiger partial charge on any atom is 0.233 e. The number of carbonyl (C=O) groups is 1. The molecule has 1 fully saturated rings. The van der Waals surface area contributed by atoms with Gasteiger partial charge in [-0.25, -0.2) is 0 Å². The number of hydrogen-bond donors (Lipinski definition) is 2. The molecular formula is C6H11NO2S. The Hall–Kier alpha value is -0.220. The van der Waals surface area contributed by atoms with E-state index in [1.807, 2.05) is 0 Å². The molecule has 1 aliphatic heterocycles. The van der Waals surface area contributed by atoms with Crippen molar-refractivity contribution in [2.24, 2.45) is 0 Å². The maximum absolute atomic E-state index is 10.9. The van der Waals surface area contributed by atoms with Crippen molar-refractivity contribution in [2.45, 2.75) is 11.7 Å². The van der Waals surface area contributed by atoms with Crippen molar-refractivity contribution in [3.05, 3.63) is 0 Å². The summed E-state index contributed by atoms with van der Waals surface area (Å²) in [6.07, 6.45) is 0.580. The van der Waals surface area contributed by atoms with E-state index in [0.717, 1.165) is 12.3 Å². The fraction of sp³-hybridized carbons (Fsp3) is 0.833. The highest BCUT2D eigenvalue weighted by Crippen LogP contribution is 2.16. The van der Waals surface area contributed by atoms with Gasteiger partial charge in [0, 0.05) is 18.9 Å². The molecule has 3 nitrogen and oxygen atoms in total. The van der Waals surface area contributed by atoms with Crippen LogP contribution in [0.3, 0.4) is 0 Å². The molecule has 58 valence electrons. The summed E-state index contributed by atoms with van der Waals surface area (Å²) in [7, 11) is 0. The van der Waals surface area contributed by atoms with Crippen LogP contribution in [0.15, 0.2) is 0 Å². The number of carbonyl (C=O) groups excluding carboxylic acids is 1. The molecule has 10 heavy (non-hydrogen) atoms. The number of hydrogen-bond acceptors (Lipinski definition) is 3. The Morgan fingerprint density at radius 3 is 3.20 bits per heavy atom.